The van der Waals surface area contributed by atoms with E-state index < -0.39 is 10.8 Å². The topological polar surface area (TPSA) is 114 Å². The molecule has 2 rings (SSSR count). The summed E-state index contributed by atoms with van der Waals surface area (Å²) in [5, 5.41) is 19.9. The monoisotopic (exact) mass is 289 g/mol. The molecule has 8 heteroatoms. The van der Waals surface area contributed by atoms with Gasteiger partial charge in [-0.2, -0.15) is 0 Å². The van der Waals surface area contributed by atoms with Gasteiger partial charge in [0.2, 0.25) is 5.82 Å². The number of aromatic amines is 1. The van der Waals surface area contributed by atoms with E-state index in [1.165, 1.54) is 12.1 Å². The van der Waals surface area contributed by atoms with Crippen molar-refractivity contribution >= 4 is 17.3 Å². The number of H-pyrrole nitrogens is 1. The number of nitrogens with zero attached hydrogens (tertiary/aromatic N) is 3. The van der Waals surface area contributed by atoms with Crippen molar-refractivity contribution in [2.45, 2.75) is 26.7 Å². The fourth-order valence-corrected chi connectivity index (χ4v) is 1.78. The van der Waals surface area contributed by atoms with Crippen LogP contribution in [0.5, 0.6) is 0 Å². The first-order valence-electron chi connectivity index (χ1n) is 6.49. The average molecular weight is 289 g/mol. The maximum absolute atomic E-state index is 12.0. The molecule has 0 spiro atoms. The van der Waals surface area contributed by atoms with Crippen LogP contribution < -0.4 is 5.32 Å². The Bertz CT molecular complexity index is 680. The summed E-state index contributed by atoms with van der Waals surface area (Å²) in [7, 11) is 0. The zero-order chi connectivity index (χ0) is 15.4. The minimum atomic E-state index is -0.513. The highest BCUT2D eigenvalue weighted by Crippen LogP contribution is 2.22. The Labute approximate surface area is 120 Å². The number of nitro benzene ring substituents is 1. The van der Waals surface area contributed by atoms with Crippen LogP contribution in [0.2, 0.25) is 0 Å². The Kier molecular flexibility index (Phi) is 4.27. The van der Waals surface area contributed by atoms with Crippen LogP contribution in [0.4, 0.5) is 11.4 Å². The van der Waals surface area contributed by atoms with Gasteiger partial charge < -0.3 is 5.32 Å². The first-order valence-corrected chi connectivity index (χ1v) is 6.49. The number of hydrogen-bond donors (Lipinski definition) is 2. The molecule has 110 valence electrons. The van der Waals surface area contributed by atoms with Crippen molar-refractivity contribution in [3.05, 3.63) is 45.5 Å². The molecule has 1 amide bonds. The van der Waals surface area contributed by atoms with Crippen LogP contribution in [-0.4, -0.2) is 26.0 Å². The summed E-state index contributed by atoms with van der Waals surface area (Å²) in [6.45, 7) is 3.74. The molecule has 2 aromatic rings. The summed E-state index contributed by atoms with van der Waals surface area (Å²) in [5.74, 6) is 0.153. The van der Waals surface area contributed by atoms with E-state index in [2.05, 4.69) is 20.5 Å². The number of amides is 1. The van der Waals surface area contributed by atoms with Gasteiger partial charge in [0.25, 0.3) is 11.6 Å². The summed E-state index contributed by atoms with van der Waals surface area (Å²) in [6, 6.07) is 4.28. The van der Waals surface area contributed by atoms with Gasteiger partial charge in [-0.3, -0.25) is 20.0 Å². The van der Waals surface area contributed by atoms with Crippen molar-refractivity contribution in [3.8, 4) is 0 Å². The number of benzene rings is 1. The van der Waals surface area contributed by atoms with Crippen molar-refractivity contribution < 1.29 is 9.72 Å². The summed E-state index contributed by atoms with van der Waals surface area (Å²) in [4.78, 5) is 26.4. The molecule has 8 nitrogen and oxygen atoms in total. The molecule has 1 aromatic carbocycles. The average Bonchev–Trinajstić information content (AvgIpc) is 2.90. The number of nitro groups is 1. The van der Waals surface area contributed by atoms with Gasteiger partial charge in [-0.15, -0.1) is 5.10 Å². The lowest BCUT2D eigenvalue weighted by Crippen LogP contribution is -2.14. The number of aryl methyl sites for hydroxylation is 2. The lowest BCUT2D eigenvalue weighted by atomic mass is 10.2. The molecule has 1 heterocycles. The van der Waals surface area contributed by atoms with E-state index in [1.54, 1.807) is 13.0 Å². The molecule has 0 aliphatic carbocycles. The fraction of sp³-hybridized carbons (Fsp3) is 0.308. The van der Waals surface area contributed by atoms with Crippen molar-refractivity contribution in [2.24, 2.45) is 0 Å². The first kappa shape index (κ1) is 14.6. The molecule has 0 aliphatic rings. The number of hydrogen-bond acceptors (Lipinski definition) is 5. The van der Waals surface area contributed by atoms with Crippen LogP contribution in [0.3, 0.4) is 0 Å². The van der Waals surface area contributed by atoms with Crippen molar-refractivity contribution in [1.29, 1.82) is 0 Å². The van der Waals surface area contributed by atoms with Crippen LogP contribution in [0.25, 0.3) is 0 Å². The maximum Gasteiger partial charge on any atom is 0.295 e. The second-order valence-electron chi connectivity index (χ2n) is 4.57. The van der Waals surface area contributed by atoms with Crippen LogP contribution in [0, 0.1) is 17.0 Å². The molecule has 0 saturated heterocycles. The number of aromatic nitrogens is 3. The largest absolute Gasteiger partial charge is 0.319 e. The summed E-state index contributed by atoms with van der Waals surface area (Å²) < 4.78 is 0. The molecular formula is C13H15N5O3. The van der Waals surface area contributed by atoms with E-state index in [9.17, 15) is 14.9 Å². The summed E-state index contributed by atoms with van der Waals surface area (Å²) in [6.07, 6.45) is 1.59. The van der Waals surface area contributed by atoms with E-state index in [1.807, 2.05) is 6.92 Å². The third-order valence-electron chi connectivity index (χ3n) is 2.90. The highest BCUT2D eigenvalue weighted by atomic mass is 16.6. The number of nitrogens with one attached hydrogen (secondary N) is 2. The molecule has 0 atom stereocenters. The van der Waals surface area contributed by atoms with Crippen LogP contribution in [-0.2, 0) is 6.42 Å². The molecule has 0 saturated carbocycles. The first-order chi connectivity index (χ1) is 10.0. The predicted molar refractivity (Wildman–Crippen MR) is 76.2 cm³/mol. The number of rotatable bonds is 5. The molecule has 1 aromatic heterocycles. The Morgan fingerprint density at radius 3 is 2.90 bits per heavy atom. The highest BCUT2D eigenvalue weighted by Gasteiger charge is 2.15. The standard InChI is InChI=1S/C13H15N5O3/c1-3-4-11-15-12(17-16-11)13(19)14-10-7-9(18(20)21)6-5-8(10)2/h5-7H,3-4H2,1-2H3,(H,14,19)(H,15,16,17). The number of carbonyl (C=O) groups excluding carboxylic acids is 1. The predicted octanol–water partition coefficient (Wildman–Crippen LogP) is 2.23. The SMILES string of the molecule is CCCc1nc(C(=O)Nc2cc([N+](=O)[O-])ccc2C)n[nH]1. The molecule has 0 aliphatic heterocycles. The van der Waals surface area contributed by atoms with Gasteiger partial charge in [-0.1, -0.05) is 13.0 Å². The van der Waals surface area contributed by atoms with Gasteiger partial charge in [0.1, 0.15) is 5.82 Å². The second kappa shape index (κ2) is 6.12. The van der Waals surface area contributed by atoms with Crippen molar-refractivity contribution in [3.63, 3.8) is 0 Å². The number of anilines is 1. The number of non-ortho nitro benzene ring substituents is 1. The second-order valence-corrected chi connectivity index (χ2v) is 4.57. The van der Waals surface area contributed by atoms with Gasteiger partial charge in [0.15, 0.2) is 0 Å². The van der Waals surface area contributed by atoms with Gasteiger partial charge >= 0.3 is 0 Å². The molecule has 0 bridgehead atoms. The molecule has 2 N–H and O–H groups in total. The van der Waals surface area contributed by atoms with E-state index in [0.717, 1.165) is 12.0 Å². The smallest absolute Gasteiger partial charge is 0.295 e. The van der Waals surface area contributed by atoms with Gasteiger partial charge in [-0.25, -0.2) is 4.98 Å². The van der Waals surface area contributed by atoms with E-state index in [-0.39, 0.29) is 11.5 Å². The zero-order valence-corrected chi connectivity index (χ0v) is 11.7. The van der Waals surface area contributed by atoms with Crippen molar-refractivity contribution in [2.75, 3.05) is 5.32 Å². The van der Waals surface area contributed by atoms with E-state index in [4.69, 9.17) is 0 Å². The fourth-order valence-electron chi connectivity index (χ4n) is 1.78. The minimum absolute atomic E-state index is 0.0179. The molecular weight excluding hydrogens is 274 g/mol. The third kappa shape index (κ3) is 3.41. The molecule has 0 fully saturated rings. The molecule has 0 unspecified atom stereocenters. The Balaban J connectivity index is 2.18. The Morgan fingerprint density at radius 1 is 1.48 bits per heavy atom. The van der Waals surface area contributed by atoms with Gasteiger partial charge in [0, 0.05) is 18.6 Å². The molecule has 0 radical (unpaired) electrons. The van der Waals surface area contributed by atoms with E-state index >= 15 is 0 Å². The molecule has 21 heavy (non-hydrogen) atoms. The normalized spacial score (nSPS) is 10.4. The van der Waals surface area contributed by atoms with E-state index in [0.29, 0.717) is 17.9 Å². The lowest BCUT2D eigenvalue weighted by Gasteiger charge is -2.06. The van der Waals surface area contributed by atoms with Crippen LogP contribution >= 0.6 is 0 Å². The quantitative estimate of drug-likeness (QED) is 0.647. The number of carbonyl (C=O) groups is 1. The zero-order valence-electron chi connectivity index (χ0n) is 11.7. The van der Waals surface area contributed by atoms with Gasteiger partial charge in [0.05, 0.1) is 10.6 Å². The maximum atomic E-state index is 12.0. The van der Waals surface area contributed by atoms with Gasteiger partial charge in [-0.05, 0) is 18.9 Å². The minimum Gasteiger partial charge on any atom is -0.319 e. The van der Waals surface area contributed by atoms with Crippen LogP contribution in [0.15, 0.2) is 18.2 Å². The summed E-state index contributed by atoms with van der Waals surface area (Å²) >= 11 is 0. The lowest BCUT2D eigenvalue weighted by molar-refractivity contribution is -0.384. The third-order valence-corrected chi connectivity index (χ3v) is 2.90. The summed E-state index contributed by atoms with van der Waals surface area (Å²) in [5.41, 5.74) is 1.01. The Hall–Kier alpha value is -2.77. The highest BCUT2D eigenvalue weighted by molar-refractivity contribution is 6.02. The Morgan fingerprint density at radius 2 is 2.24 bits per heavy atom. The van der Waals surface area contributed by atoms with Crippen molar-refractivity contribution in [1.82, 2.24) is 15.2 Å². The van der Waals surface area contributed by atoms with Crippen LogP contribution in [0.1, 0.15) is 35.4 Å².